The zero-order valence-corrected chi connectivity index (χ0v) is 12.4. The van der Waals surface area contributed by atoms with Crippen molar-refractivity contribution in [2.24, 2.45) is 5.73 Å². The van der Waals surface area contributed by atoms with Crippen LogP contribution in [0.25, 0.3) is 0 Å². The minimum absolute atomic E-state index is 0.211. The molecular formula is C14H21BrN2O. The highest BCUT2D eigenvalue weighted by atomic mass is 79.9. The Morgan fingerprint density at radius 3 is 2.72 bits per heavy atom. The molecule has 0 amide bonds. The van der Waals surface area contributed by atoms with Gasteiger partial charge in [-0.2, -0.15) is 0 Å². The summed E-state index contributed by atoms with van der Waals surface area (Å²) in [4.78, 5) is 2.19. The number of hydrogen-bond donors (Lipinski definition) is 2. The molecule has 0 aliphatic heterocycles. The van der Waals surface area contributed by atoms with Gasteiger partial charge in [-0.3, -0.25) is 0 Å². The van der Waals surface area contributed by atoms with E-state index in [2.05, 4.69) is 40.0 Å². The van der Waals surface area contributed by atoms with Crippen LogP contribution >= 0.6 is 15.9 Å². The standard InChI is InChI=1S/C14H21BrN2O/c1-17(13-4-2-3-5-14(13)18)11-7-6-10(9-16)12(15)8-11/h6-8,13-14,18H,2-5,9,16H2,1H3. The third-order valence-electron chi connectivity index (χ3n) is 3.86. The maximum atomic E-state index is 10.1. The summed E-state index contributed by atoms with van der Waals surface area (Å²) < 4.78 is 1.04. The average Bonchev–Trinajstić information content (AvgIpc) is 2.38. The summed E-state index contributed by atoms with van der Waals surface area (Å²) in [6, 6.07) is 6.44. The summed E-state index contributed by atoms with van der Waals surface area (Å²) in [7, 11) is 2.06. The molecule has 2 rings (SSSR count). The lowest BCUT2D eigenvalue weighted by molar-refractivity contribution is 0.106. The number of hydrogen-bond acceptors (Lipinski definition) is 3. The van der Waals surface area contributed by atoms with E-state index in [0.717, 1.165) is 35.0 Å². The molecule has 3 N–H and O–H groups in total. The third-order valence-corrected chi connectivity index (χ3v) is 4.59. The lowest BCUT2D eigenvalue weighted by Crippen LogP contribution is -2.43. The van der Waals surface area contributed by atoms with Crippen molar-refractivity contribution in [3.63, 3.8) is 0 Å². The molecule has 0 saturated heterocycles. The highest BCUT2D eigenvalue weighted by molar-refractivity contribution is 9.10. The SMILES string of the molecule is CN(c1ccc(CN)c(Br)c1)C1CCCCC1O. The fourth-order valence-electron chi connectivity index (χ4n) is 2.66. The monoisotopic (exact) mass is 312 g/mol. The van der Waals surface area contributed by atoms with Crippen LogP contribution in [0.4, 0.5) is 5.69 Å². The first-order valence-electron chi connectivity index (χ1n) is 6.53. The van der Waals surface area contributed by atoms with E-state index < -0.39 is 0 Å². The van der Waals surface area contributed by atoms with Crippen molar-refractivity contribution in [2.45, 2.75) is 44.4 Å². The van der Waals surface area contributed by atoms with Gasteiger partial charge in [0.05, 0.1) is 12.1 Å². The van der Waals surface area contributed by atoms with Crippen LogP contribution in [0.5, 0.6) is 0 Å². The molecule has 1 aromatic rings. The normalized spacial score (nSPS) is 24.0. The summed E-state index contributed by atoms with van der Waals surface area (Å²) in [6.07, 6.45) is 4.11. The maximum Gasteiger partial charge on any atom is 0.0743 e. The summed E-state index contributed by atoms with van der Waals surface area (Å²) >= 11 is 3.55. The number of nitrogens with two attached hydrogens (primary N) is 1. The molecule has 2 unspecified atom stereocenters. The van der Waals surface area contributed by atoms with Crippen molar-refractivity contribution < 1.29 is 5.11 Å². The summed E-state index contributed by atoms with van der Waals surface area (Å²) in [5, 5.41) is 10.1. The van der Waals surface area contributed by atoms with E-state index in [4.69, 9.17) is 5.73 Å². The van der Waals surface area contributed by atoms with Gasteiger partial charge in [0.2, 0.25) is 0 Å². The van der Waals surface area contributed by atoms with E-state index in [0.29, 0.717) is 6.54 Å². The first kappa shape index (κ1) is 13.8. The molecular weight excluding hydrogens is 292 g/mol. The molecule has 18 heavy (non-hydrogen) atoms. The fourth-order valence-corrected chi connectivity index (χ4v) is 3.18. The van der Waals surface area contributed by atoms with Crippen LogP contribution in [0.2, 0.25) is 0 Å². The Labute approximate surface area is 117 Å². The van der Waals surface area contributed by atoms with Crippen LogP contribution in [0, 0.1) is 0 Å². The lowest BCUT2D eigenvalue weighted by atomic mass is 9.91. The van der Waals surface area contributed by atoms with Crippen molar-refractivity contribution in [3.05, 3.63) is 28.2 Å². The molecule has 1 aliphatic carbocycles. The van der Waals surface area contributed by atoms with Crippen molar-refractivity contribution >= 4 is 21.6 Å². The number of benzene rings is 1. The molecule has 3 nitrogen and oxygen atoms in total. The third kappa shape index (κ3) is 2.87. The van der Waals surface area contributed by atoms with Crippen molar-refractivity contribution in [3.8, 4) is 0 Å². The van der Waals surface area contributed by atoms with Crippen LogP contribution in [-0.4, -0.2) is 24.3 Å². The molecule has 2 atom stereocenters. The van der Waals surface area contributed by atoms with E-state index in [1.165, 1.54) is 6.42 Å². The molecule has 0 aromatic heterocycles. The Balaban J connectivity index is 2.17. The van der Waals surface area contributed by atoms with E-state index in [1.54, 1.807) is 0 Å². The van der Waals surface area contributed by atoms with Gasteiger partial charge in [-0.15, -0.1) is 0 Å². The predicted molar refractivity (Wildman–Crippen MR) is 78.7 cm³/mol. The molecule has 1 fully saturated rings. The largest absolute Gasteiger partial charge is 0.391 e. The summed E-state index contributed by atoms with van der Waals surface area (Å²) in [6.45, 7) is 0.538. The van der Waals surface area contributed by atoms with E-state index >= 15 is 0 Å². The van der Waals surface area contributed by atoms with Gasteiger partial charge in [0.1, 0.15) is 0 Å². The Morgan fingerprint density at radius 1 is 1.39 bits per heavy atom. The second kappa shape index (κ2) is 6.04. The number of halogens is 1. The Kier molecular flexibility index (Phi) is 4.65. The van der Waals surface area contributed by atoms with Crippen molar-refractivity contribution in [1.82, 2.24) is 0 Å². The highest BCUT2D eigenvalue weighted by Crippen LogP contribution is 2.29. The quantitative estimate of drug-likeness (QED) is 0.902. The Hall–Kier alpha value is -0.580. The number of nitrogens with zero attached hydrogens (tertiary/aromatic N) is 1. The molecule has 1 aromatic carbocycles. The number of likely N-dealkylation sites (N-methyl/N-ethyl adjacent to an activating group) is 1. The average molecular weight is 313 g/mol. The zero-order chi connectivity index (χ0) is 13.1. The van der Waals surface area contributed by atoms with Crippen LogP contribution < -0.4 is 10.6 Å². The topological polar surface area (TPSA) is 49.5 Å². The predicted octanol–water partition coefficient (Wildman–Crippen LogP) is 2.65. The van der Waals surface area contributed by atoms with E-state index in [1.807, 2.05) is 6.07 Å². The van der Waals surface area contributed by atoms with Gasteiger partial charge >= 0.3 is 0 Å². The number of anilines is 1. The second-order valence-corrected chi connectivity index (χ2v) is 5.86. The molecule has 0 radical (unpaired) electrons. The van der Waals surface area contributed by atoms with Crippen molar-refractivity contribution in [1.29, 1.82) is 0 Å². The van der Waals surface area contributed by atoms with Gasteiger partial charge in [0, 0.05) is 23.8 Å². The van der Waals surface area contributed by atoms with Gasteiger partial charge < -0.3 is 15.7 Å². The Bertz CT molecular complexity index is 411. The first-order valence-corrected chi connectivity index (χ1v) is 7.32. The minimum Gasteiger partial charge on any atom is -0.391 e. The molecule has 1 saturated carbocycles. The molecule has 4 heteroatoms. The van der Waals surface area contributed by atoms with E-state index in [9.17, 15) is 5.11 Å². The number of rotatable bonds is 3. The van der Waals surface area contributed by atoms with Crippen LogP contribution in [0.3, 0.4) is 0 Å². The molecule has 0 bridgehead atoms. The lowest BCUT2D eigenvalue weighted by Gasteiger charge is -2.36. The highest BCUT2D eigenvalue weighted by Gasteiger charge is 2.26. The maximum absolute atomic E-state index is 10.1. The second-order valence-electron chi connectivity index (χ2n) is 5.01. The van der Waals surface area contributed by atoms with Gasteiger partial charge in [0.25, 0.3) is 0 Å². The van der Waals surface area contributed by atoms with Crippen LogP contribution in [0.1, 0.15) is 31.2 Å². The summed E-state index contributed by atoms with van der Waals surface area (Å²) in [5.41, 5.74) is 7.90. The Morgan fingerprint density at radius 2 is 2.11 bits per heavy atom. The molecule has 100 valence electrons. The molecule has 0 spiro atoms. The minimum atomic E-state index is -0.211. The van der Waals surface area contributed by atoms with Gasteiger partial charge in [-0.1, -0.05) is 34.8 Å². The van der Waals surface area contributed by atoms with Crippen LogP contribution in [-0.2, 0) is 6.54 Å². The smallest absolute Gasteiger partial charge is 0.0743 e. The van der Waals surface area contributed by atoms with Gasteiger partial charge in [-0.25, -0.2) is 0 Å². The number of aliphatic hydroxyl groups excluding tert-OH is 1. The zero-order valence-electron chi connectivity index (χ0n) is 10.8. The van der Waals surface area contributed by atoms with Crippen molar-refractivity contribution in [2.75, 3.05) is 11.9 Å². The fraction of sp³-hybridized carbons (Fsp3) is 0.571. The van der Waals surface area contributed by atoms with Gasteiger partial charge in [0.15, 0.2) is 0 Å². The summed E-state index contributed by atoms with van der Waals surface area (Å²) in [5.74, 6) is 0. The van der Waals surface area contributed by atoms with E-state index in [-0.39, 0.29) is 12.1 Å². The van der Waals surface area contributed by atoms with Crippen LogP contribution in [0.15, 0.2) is 22.7 Å². The molecule has 0 heterocycles. The first-order chi connectivity index (χ1) is 8.63. The molecule has 1 aliphatic rings. The number of aliphatic hydroxyl groups is 1. The van der Waals surface area contributed by atoms with Gasteiger partial charge in [-0.05, 0) is 30.5 Å².